The Balaban J connectivity index is 2.06. The van der Waals surface area contributed by atoms with Gasteiger partial charge in [0, 0.05) is 17.4 Å². The van der Waals surface area contributed by atoms with Gasteiger partial charge in [-0.2, -0.15) is 0 Å². The van der Waals surface area contributed by atoms with Crippen molar-refractivity contribution in [3.05, 3.63) is 35.9 Å². The molecule has 0 aromatic heterocycles. The lowest BCUT2D eigenvalue weighted by atomic mass is 10.1. The zero-order chi connectivity index (χ0) is 17.7. The van der Waals surface area contributed by atoms with Crippen LogP contribution in [0.3, 0.4) is 0 Å². The number of hydrogen-bond acceptors (Lipinski definition) is 4. The third-order valence-corrected chi connectivity index (χ3v) is 4.19. The molecule has 130 valence electrons. The van der Waals surface area contributed by atoms with Gasteiger partial charge in [-0.25, -0.2) is 4.79 Å². The maximum atomic E-state index is 12.4. The van der Waals surface area contributed by atoms with E-state index in [9.17, 15) is 14.7 Å². The molecule has 1 aliphatic carbocycles. The molecule has 6 heteroatoms. The van der Waals surface area contributed by atoms with E-state index in [1.165, 1.54) is 0 Å². The van der Waals surface area contributed by atoms with Crippen molar-refractivity contribution in [3.8, 4) is 11.5 Å². The van der Waals surface area contributed by atoms with Crippen LogP contribution in [0.4, 0.5) is 0 Å². The van der Waals surface area contributed by atoms with Crippen LogP contribution >= 0.6 is 0 Å². The van der Waals surface area contributed by atoms with Gasteiger partial charge in [0.25, 0.3) is 0 Å². The SMILES string of the molecule is C/C=C/CC(NC(=O)C1CC1c1cc(OC)ccc1OC)C(=O)O. The first-order chi connectivity index (χ1) is 11.5. The Labute approximate surface area is 141 Å². The molecule has 0 saturated heterocycles. The van der Waals surface area contributed by atoms with Gasteiger partial charge in [-0.1, -0.05) is 12.2 Å². The number of benzene rings is 1. The van der Waals surface area contributed by atoms with Crippen molar-refractivity contribution in [2.75, 3.05) is 14.2 Å². The lowest BCUT2D eigenvalue weighted by Crippen LogP contribution is -2.41. The molecule has 1 saturated carbocycles. The molecule has 0 spiro atoms. The minimum absolute atomic E-state index is 0.0196. The first kappa shape index (κ1) is 17.8. The summed E-state index contributed by atoms with van der Waals surface area (Å²) in [6.07, 6.45) is 4.44. The first-order valence-corrected chi connectivity index (χ1v) is 7.88. The smallest absolute Gasteiger partial charge is 0.326 e. The zero-order valence-corrected chi connectivity index (χ0v) is 14.1. The molecule has 1 aromatic rings. The summed E-state index contributed by atoms with van der Waals surface area (Å²) in [7, 11) is 3.17. The summed E-state index contributed by atoms with van der Waals surface area (Å²) < 4.78 is 10.6. The van der Waals surface area contributed by atoms with E-state index in [2.05, 4.69) is 5.32 Å². The van der Waals surface area contributed by atoms with Gasteiger partial charge in [0.15, 0.2) is 0 Å². The lowest BCUT2D eigenvalue weighted by molar-refractivity contribution is -0.141. The number of carboxylic acids is 1. The second kappa shape index (κ2) is 7.86. The molecule has 3 unspecified atom stereocenters. The molecule has 1 aliphatic rings. The molecule has 1 aromatic carbocycles. The topological polar surface area (TPSA) is 84.9 Å². The molecule has 1 fully saturated rings. The molecule has 0 heterocycles. The maximum absolute atomic E-state index is 12.4. The van der Waals surface area contributed by atoms with Crippen molar-refractivity contribution in [1.82, 2.24) is 5.32 Å². The molecule has 2 rings (SSSR count). The second-order valence-electron chi connectivity index (χ2n) is 5.76. The lowest BCUT2D eigenvalue weighted by Gasteiger charge is -2.13. The summed E-state index contributed by atoms with van der Waals surface area (Å²) in [6.45, 7) is 1.81. The number of aliphatic carboxylic acids is 1. The zero-order valence-electron chi connectivity index (χ0n) is 14.1. The van der Waals surface area contributed by atoms with Crippen LogP contribution in [0.15, 0.2) is 30.4 Å². The number of carboxylic acid groups (broad SMARTS) is 1. The average Bonchev–Trinajstić information content (AvgIpc) is 3.38. The number of carbonyl (C=O) groups is 2. The Morgan fingerprint density at radius 1 is 1.38 bits per heavy atom. The quantitative estimate of drug-likeness (QED) is 0.713. The van der Waals surface area contributed by atoms with E-state index < -0.39 is 12.0 Å². The third-order valence-electron chi connectivity index (χ3n) is 4.19. The molecule has 3 atom stereocenters. The summed E-state index contributed by atoms with van der Waals surface area (Å²) >= 11 is 0. The predicted molar refractivity (Wildman–Crippen MR) is 89.4 cm³/mol. The highest BCUT2D eigenvalue weighted by molar-refractivity contribution is 5.87. The Hall–Kier alpha value is -2.50. The Morgan fingerprint density at radius 3 is 2.71 bits per heavy atom. The van der Waals surface area contributed by atoms with E-state index in [0.29, 0.717) is 17.9 Å². The van der Waals surface area contributed by atoms with Crippen molar-refractivity contribution in [3.63, 3.8) is 0 Å². The number of ether oxygens (including phenoxy) is 2. The summed E-state index contributed by atoms with van der Waals surface area (Å²) in [4.78, 5) is 23.6. The van der Waals surface area contributed by atoms with Crippen molar-refractivity contribution < 1.29 is 24.2 Å². The Kier molecular flexibility index (Phi) is 5.84. The molecule has 2 N–H and O–H groups in total. The van der Waals surface area contributed by atoms with Gasteiger partial charge in [0.2, 0.25) is 5.91 Å². The van der Waals surface area contributed by atoms with E-state index in [0.717, 1.165) is 5.56 Å². The number of rotatable bonds is 8. The highest BCUT2D eigenvalue weighted by Crippen LogP contribution is 2.51. The van der Waals surface area contributed by atoms with Crippen molar-refractivity contribution >= 4 is 11.9 Å². The van der Waals surface area contributed by atoms with Crippen molar-refractivity contribution in [2.45, 2.75) is 31.7 Å². The van der Waals surface area contributed by atoms with Crippen LogP contribution in [0.5, 0.6) is 11.5 Å². The Morgan fingerprint density at radius 2 is 2.12 bits per heavy atom. The summed E-state index contributed by atoms with van der Waals surface area (Å²) in [5.41, 5.74) is 0.914. The number of allylic oxidation sites excluding steroid dienone is 1. The summed E-state index contributed by atoms with van der Waals surface area (Å²) in [5.74, 6) is -0.0720. The highest BCUT2D eigenvalue weighted by atomic mass is 16.5. The molecule has 6 nitrogen and oxygen atoms in total. The minimum atomic E-state index is -1.03. The maximum Gasteiger partial charge on any atom is 0.326 e. The fourth-order valence-corrected chi connectivity index (χ4v) is 2.73. The minimum Gasteiger partial charge on any atom is -0.497 e. The fraction of sp³-hybridized carbons (Fsp3) is 0.444. The molecule has 0 bridgehead atoms. The van der Waals surface area contributed by atoms with E-state index in [1.54, 1.807) is 32.4 Å². The van der Waals surface area contributed by atoms with Crippen LogP contribution in [-0.4, -0.2) is 37.2 Å². The van der Waals surface area contributed by atoms with Crippen LogP contribution in [-0.2, 0) is 9.59 Å². The van der Waals surface area contributed by atoms with Gasteiger partial charge in [0.05, 0.1) is 14.2 Å². The standard InChI is InChI=1S/C18H23NO5/c1-4-5-6-15(18(21)22)19-17(20)14-10-12(14)13-9-11(23-2)7-8-16(13)24-3/h4-5,7-9,12,14-15H,6,10H2,1-3H3,(H,19,20)(H,21,22)/b5-4+. The molecule has 0 radical (unpaired) electrons. The van der Waals surface area contributed by atoms with Crippen LogP contribution in [0.2, 0.25) is 0 Å². The molecular weight excluding hydrogens is 310 g/mol. The number of amides is 1. The average molecular weight is 333 g/mol. The van der Waals surface area contributed by atoms with Gasteiger partial charge in [0.1, 0.15) is 17.5 Å². The van der Waals surface area contributed by atoms with Gasteiger partial charge in [-0.15, -0.1) is 0 Å². The summed E-state index contributed by atoms with van der Waals surface area (Å²) in [6, 6.07) is 4.58. The number of nitrogens with one attached hydrogen (secondary N) is 1. The van der Waals surface area contributed by atoms with E-state index in [-0.39, 0.29) is 24.2 Å². The number of methoxy groups -OCH3 is 2. The van der Waals surface area contributed by atoms with Gasteiger partial charge >= 0.3 is 5.97 Å². The molecular formula is C18H23NO5. The van der Waals surface area contributed by atoms with E-state index in [4.69, 9.17) is 9.47 Å². The second-order valence-corrected chi connectivity index (χ2v) is 5.76. The molecule has 0 aliphatic heterocycles. The molecule has 1 amide bonds. The number of hydrogen-bond donors (Lipinski definition) is 2. The van der Waals surface area contributed by atoms with Gasteiger partial charge in [-0.05, 0) is 38.0 Å². The Bertz CT molecular complexity index is 640. The van der Waals surface area contributed by atoms with Crippen LogP contribution < -0.4 is 14.8 Å². The largest absolute Gasteiger partial charge is 0.497 e. The van der Waals surface area contributed by atoms with E-state index in [1.807, 2.05) is 19.1 Å². The fourth-order valence-electron chi connectivity index (χ4n) is 2.73. The monoisotopic (exact) mass is 333 g/mol. The van der Waals surface area contributed by atoms with Crippen molar-refractivity contribution in [2.24, 2.45) is 5.92 Å². The predicted octanol–water partition coefficient (Wildman–Crippen LogP) is 2.34. The van der Waals surface area contributed by atoms with Gasteiger partial charge in [-0.3, -0.25) is 4.79 Å². The number of carbonyl (C=O) groups excluding carboxylic acids is 1. The van der Waals surface area contributed by atoms with Crippen LogP contribution in [0, 0.1) is 5.92 Å². The third kappa shape index (κ3) is 4.07. The van der Waals surface area contributed by atoms with Gasteiger partial charge < -0.3 is 19.9 Å². The van der Waals surface area contributed by atoms with E-state index >= 15 is 0 Å². The highest BCUT2D eigenvalue weighted by Gasteiger charge is 2.46. The summed E-state index contributed by atoms with van der Waals surface area (Å²) in [5, 5.41) is 11.8. The normalized spacial score (nSPS) is 20.5. The van der Waals surface area contributed by atoms with Crippen LogP contribution in [0.25, 0.3) is 0 Å². The van der Waals surface area contributed by atoms with Crippen molar-refractivity contribution in [1.29, 1.82) is 0 Å². The molecule has 24 heavy (non-hydrogen) atoms. The van der Waals surface area contributed by atoms with Crippen LogP contribution in [0.1, 0.15) is 31.2 Å². The first-order valence-electron chi connectivity index (χ1n) is 7.88.